The van der Waals surface area contributed by atoms with E-state index in [1.165, 1.54) is 12.8 Å². The highest BCUT2D eigenvalue weighted by Crippen LogP contribution is 2.05. The van der Waals surface area contributed by atoms with Crippen LogP contribution in [0.1, 0.15) is 31.7 Å². The van der Waals surface area contributed by atoms with E-state index in [1.807, 2.05) is 12.1 Å². The number of aromatic nitrogens is 1. The van der Waals surface area contributed by atoms with Crippen molar-refractivity contribution in [1.82, 2.24) is 4.98 Å². The largest absolute Gasteiger partial charge is 0.384 e. The minimum atomic E-state index is 0.555. The Bertz CT molecular complexity index is 263. The molecule has 0 spiro atoms. The molecule has 3 nitrogen and oxygen atoms in total. The number of nitrogens with zero attached hydrogens (tertiary/aromatic N) is 1. The normalized spacial score (nSPS) is 10.4. The lowest BCUT2D eigenvalue weighted by Crippen LogP contribution is -1.97. The molecule has 0 aromatic carbocycles. The predicted molar refractivity (Wildman–Crippen MR) is 57.8 cm³/mol. The molecular weight excluding hydrogens is 176 g/mol. The van der Waals surface area contributed by atoms with Gasteiger partial charge < -0.3 is 10.5 Å². The first-order valence-corrected chi connectivity index (χ1v) is 5.11. The molecular formula is C11H18N2O. The zero-order chi connectivity index (χ0) is 10.2. The predicted octanol–water partition coefficient (Wildman–Crippen LogP) is 2.37. The van der Waals surface area contributed by atoms with Crippen molar-refractivity contribution < 1.29 is 4.74 Å². The van der Waals surface area contributed by atoms with E-state index in [9.17, 15) is 0 Å². The van der Waals surface area contributed by atoms with E-state index in [1.54, 1.807) is 6.20 Å². The topological polar surface area (TPSA) is 48.1 Å². The maximum atomic E-state index is 5.54. The lowest BCUT2D eigenvalue weighted by molar-refractivity contribution is 0.117. The van der Waals surface area contributed by atoms with E-state index >= 15 is 0 Å². The second kappa shape index (κ2) is 6.38. The van der Waals surface area contributed by atoms with Gasteiger partial charge in [-0.2, -0.15) is 0 Å². The second-order valence-corrected chi connectivity index (χ2v) is 3.35. The average Bonchev–Trinajstić information content (AvgIpc) is 2.18. The molecule has 1 rings (SSSR count). The van der Waals surface area contributed by atoms with Crippen molar-refractivity contribution in [2.75, 3.05) is 12.3 Å². The zero-order valence-electron chi connectivity index (χ0n) is 8.70. The average molecular weight is 194 g/mol. The molecule has 0 amide bonds. The molecule has 1 heterocycles. The summed E-state index contributed by atoms with van der Waals surface area (Å²) >= 11 is 0. The first kappa shape index (κ1) is 11.0. The first-order valence-electron chi connectivity index (χ1n) is 5.11. The minimum absolute atomic E-state index is 0.555. The van der Waals surface area contributed by atoms with Crippen LogP contribution in [0.5, 0.6) is 0 Å². The smallest absolute Gasteiger partial charge is 0.123 e. The van der Waals surface area contributed by atoms with Crippen LogP contribution in [-0.2, 0) is 11.3 Å². The summed E-state index contributed by atoms with van der Waals surface area (Å²) < 4.78 is 5.49. The van der Waals surface area contributed by atoms with E-state index < -0.39 is 0 Å². The van der Waals surface area contributed by atoms with Crippen LogP contribution in [-0.4, -0.2) is 11.6 Å². The summed E-state index contributed by atoms with van der Waals surface area (Å²) in [6.45, 7) is 3.65. The number of nitrogens with two attached hydrogens (primary N) is 1. The van der Waals surface area contributed by atoms with Gasteiger partial charge in [0.05, 0.1) is 6.61 Å². The Kier molecular flexibility index (Phi) is 5.00. The number of hydrogen-bond acceptors (Lipinski definition) is 3. The van der Waals surface area contributed by atoms with Crippen LogP contribution >= 0.6 is 0 Å². The van der Waals surface area contributed by atoms with Crippen LogP contribution in [0.3, 0.4) is 0 Å². The highest BCUT2D eigenvalue weighted by atomic mass is 16.5. The molecule has 0 radical (unpaired) electrons. The Morgan fingerprint density at radius 1 is 1.43 bits per heavy atom. The summed E-state index contributed by atoms with van der Waals surface area (Å²) in [7, 11) is 0. The van der Waals surface area contributed by atoms with Crippen LogP contribution in [0.4, 0.5) is 5.82 Å². The fourth-order valence-electron chi connectivity index (χ4n) is 1.23. The van der Waals surface area contributed by atoms with Crippen molar-refractivity contribution in [2.24, 2.45) is 0 Å². The summed E-state index contributed by atoms with van der Waals surface area (Å²) in [5, 5.41) is 0. The van der Waals surface area contributed by atoms with Gasteiger partial charge in [0.15, 0.2) is 0 Å². The number of rotatable bonds is 6. The molecule has 0 aliphatic heterocycles. The van der Waals surface area contributed by atoms with Crippen LogP contribution in [0, 0.1) is 0 Å². The molecule has 1 aromatic heterocycles. The fraction of sp³-hybridized carbons (Fsp3) is 0.545. The Labute approximate surface area is 85.3 Å². The number of hydrogen-bond donors (Lipinski definition) is 1. The molecule has 0 saturated heterocycles. The van der Waals surface area contributed by atoms with Crippen LogP contribution in [0.25, 0.3) is 0 Å². The molecule has 3 heteroatoms. The summed E-state index contributed by atoms with van der Waals surface area (Å²) in [5.74, 6) is 0.555. The molecule has 0 fully saturated rings. The quantitative estimate of drug-likeness (QED) is 0.707. The third-order valence-corrected chi connectivity index (χ3v) is 2.01. The molecule has 1 aromatic rings. The van der Waals surface area contributed by atoms with Gasteiger partial charge in [-0.1, -0.05) is 19.8 Å². The third kappa shape index (κ3) is 4.23. The molecule has 14 heavy (non-hydrogen) atoms. The van der Waals surface area contributed by atoms with Crippen molar-refractivity contribution in [3.05, 3.63) is 23.9 Å². The molecule has 0 atom stereocenters. The Balaban J connectivity index is 2.18. The maximum absolute atomic E-state index is 5.54. The Morgan fingerprint density at radius 2 is 2.29 bits per heavy atom. The van der Waals surface area contributed by atoms with Crippen LogP contribution in [0.15, 0.2) is 18.3 Å². The third-order valence-electron chi connectivity index (χ3n) is 2.01. The van der Waals surface area contributed by atoms with E-state index in [4.69, 9.17) is 10.5 Å². The lowest BCUT2D eigenvalue weighted by Gasteiger charge is -2.03. The van der Waals surface area contributed by atoms with E-state index in [-0.39, 0.29) is 0 Å². The highest BCUT2D eigenvalue weighted by Gasteiger charge is 1.94. The summed E-state index contributed by atoms with van der Waals surface area (Å²) in [5.41, 5.74) is 6.64. The fourth-order valence-corrected chi connectivity index (χ4v) is 1.23. The van der Waals surface area contributed by atoms with Gasteiger partial charge in [0, 0.05) is 12.8 Å². The molecule has 0 saturated carbocycles. The maximum Gasteiger partial charge on any atom is 0.123 e. The number of ether oxygens (including phenoxy) is 1. The van der Waals surface area contributed by atoms with E-state index in [0.717, 1.165) is 18.6 Å². The number of pyridine rings is 1. The van der Waals surface area contributed by atoms with Crippen molar-refractivity contribution in [3.8, 4) is 0 Å². The zero-order valence-corrected chi connectivity index (χ0v) is 8.70. The van der Waals surface area contributed by atoms with Gasteiger partial charge in [-0.25, -0.2) is 4.98 Å². The van der Waals surface area contributed by atoms with Crippen LogP contribution in [0.2, 0.25) is 0 Å². The first-order chi connectivity index (χ1) is 6.83. The van der Waals surface area contributed by atoms with Crippen molar-refractivity contribution in [3.63, 3.8) is 0 Å². The molecule has 0 unspecified atom stereocenters. The molecule has 0 aliphatic rings. The minimum Gasteiger partial charge on any atom is -0.384 e. The van der Waals surface area contributed by atoms with Gasteiger partial charge in [0.2, 0.25) is 0 Å². The molecule has 2 N–H and O–H groups in total. The van der Waals surface area contributed by atoms with Crippen molar-refractivity contribution in [2.45, 2.75) is 32.8 Å². The number of anilines is 1. The summed E-state index contributed by atoms with van der Waals surface area (Å²) in [6, 6.07) is 3.77. The number of unbranched alkanes of at least 4 members (excludes halogenated alkanes) is 2. The Morgan fingerprint density at radius 3 is 3.00 bits per heavy atom. The molecule has 0 bridgehead atoms. The van der Waals surface area contributed by atoms with Gasteiger partial charge in [-0.3, -0.25) is 0 Å². The van der Waals surface area contributed by atoms with Gasteiger partial charge in [0.1, 0.15) is 5.82 Å². The molecule has 78 valence electrons. The van der Waals surface area contributed by atoms with E-state index in [2.05, 4.69) is 11.9 Å². The monoisotopic (exact) mass is 194 g/mol. The van der Waals surface area contributed by atoms with Gasteiger partial charge in [0.25, 0.3) is 0 Å². The summed E-state index contributed by atoms with van der Waals surface area (Å²) in [6.07, 6.45) is 5.31. The standard InChI is InChI=1S/C11H18N2O/c1-2-3-4-7-14-9-10-5-6-13-11(12)8-10/h5-6,8H,2-4,7,9H2,1H3,(H2,12,13). The second-order valence-electron chi connectivity index (χ2n) is 3.35. The van der Waals surface area contributed by atoms with Gasteiger partial charge in [-0.05, 0) is 24.1 Å². The van der Waals surface area contributed by atoms with Crippen molar-refractivity contribution in [1.29, 1.82) is 0 Å². The summed E-state index contributed by atoms with van der Waals surface area (Å²) in [4.78, 5) is 3.92. The SMILES string of the molecule is CCCCCOCc1ccnc(N)c1. The lowest BCUT2D eigenvalue weighted by atomic mass is 10.2. The Hall–Kier alpha value is -1.09. The van der Waals surface area contributed by atoms with Gasteiger partial charge >= 0.3 is 0 Å². The van der Waals surface area contributed by atoms with Crippen LogP contribution < -0.4 is 5.73 Å². The molecule has 0 aliphatic carbocycles. The van der Waals surface area contributed by atoms with Crippen molar-refractivity contribution >= 4 is 5.82 Å². The highest BCUT2D eigenvalue weighted by molar-refractivity contribution is 5.31. The number of nitrogen functional groups attached to an aromatic ring is 1. The van der Waals surface area contributed by atoms with E-state index in [0.29, 0.717) is 12.4 Å². The van der Waals surface area contributed by atoms with Gasteiger partial charge in [-0.15, -0.1) is 0 Å².